The zero-order valence-electron chi connectivity index (χ0n) is 15.0. The third-order valence-electron chi connectivity index (χ3n) is 3.14. The van der Waals surface area contributed by atoms with Gasteiger partial charge in [0.25, 0.3) is 0 Å². The molecule has 24 heavy (non-hydrogen) atoms. The highest BCUT2D eigenvalue weighted by Gasteiger charge is 2.11. The highest BCUT2D eigenvalue weighted by Crippen LogP contribution is 2.09. The van der Waals surface area contributed by atoms with Gasteiger partial charge in [-0.05, 0) is 46.2 Å². The summed E-state index contributed by atoms with van der Waals surface area (Å²) in [5, 5.41) is 6.63. The lowest BCUT2D eigenvalue weighted by Crippen LogP contribution is -2.47. The predicted molar refractivity (Wildman–Crippen MR) is 109 cm³/mol. The molecule has 2 N–H and O–H groups in total. The van der Waals surface area contributed by atoms with Gasteiger partial charge in [-0.25, -0.2) is 15.0 Å². The summed E-state index contributed by atoms with van der Waals surface area (Å²) in [6.07, 6.45) is 5.54. The highest BCUT2D eigenvalue weighted by molar-refractivity contribution is 14.0. The number of pyridine rings is 1. The molecule has 0 aliphatic carbocycles. The Hall–Kier alpha value is -1.64. The SMILES string of the molecule is CCNC(=NCc1ccc(-n2ccnc2C)nc1)NC(C)(C)C.I. The summed E-state index contributed by atoms with van der Waals surface area (Å²) in [4.78, 5) is 13.3. The fourth-order valence-electron chi connectivity index (χ4n) is 2.11. The van der Waals surface area contributed by atoms with Gasteiger partial charge in [0.1, 0.15) is 11.6 Å². The van der Waals surface area contributed by atoms with Gasteiger partial charge in [-0.2, -0.15) is 0 Å². The largest absolute Gasteiger partial charge is 0.357 e. The van der Waals surface area contributed by atoms with E-state index in [2.05, 4.69) is 53.3 Å². The Bertz CT molecular complexity index is 654. The lowest BCUT2D eigenvalue weighted by molar-refractivity contribution is 0.501. The van der Waals surface area contributed by atoms with Gasteiger partial charge in [-0.1, -0.05) is 6.07 Å². The Morgan fingerprint density at radius 3 is 2.50 bits per heavy atom. The molecule has 2 heterocycles. The molecule has 6 nitrogen and oxygen atoms in total. The first kappa shape index (κ1) is 20.4. The number of guanidine groups is 1. The van der Waals surface area contributed by atoms with Crippen molar-refractivity contribution in [3.63, 3.8) is 0 Å². The molecule has 0 fully saturated rings. The van der Waals surface area contributed by atoms with Crippen molar-refractivity contribution in [2.75, 3.05) is 6.54 Å². The van der Waals surface area contributed by atoms with Crippen LogP contribution in [0.5, 0.6) is 0 Å². The standard InChI is InChI=1S/C17H26N6.HI/c1-6-18-16(22-17(3,4)5)21-12-14-7-8-15(20-11-14)23-10-9-19-13(23)2;/h7-11H,6,12H2,1-5H3,(H2,18,21,22);1H. The van der Waals surface area contributed by atoms with E-state index < -0.39 is 0 Å². The molecule has 0 aliphatic heterocycles. The van der Waals surface area contributed by atoms with Crippen molar-refractivity contribution in [2.24, 2.45) is 4.99 Å². The molecule has 7 heteroatoms. The minimum atomic E-state index is -0.0257. The van der Waals surface area contributed by atoms with Crippen molar-refractivity contribution >= 4 is 29.9 Å². The van der Waals surface area contributed by atoms with Crippen molar-refractivity contribution in [1.29, 1.82) is 0 Å². The van der Waals surface area contributed by atoms with Crippen LogP contribution in [0.25, 0.3) is 5.82 Å². The van der Waals surface area contributed by atoms with Crippen LogP contribution in [0.15, 0.2) is 35.7 Å². The number of rotatable bonds is 4. The molecular weight excluding hydrogens is 415 g/mol. The quantitative estimate of drug-likeness (QED) is 0.434. The number of nitrogens with one attached hydrogen (secondary N) is 2. The second kappa shape index (κ2) is 9.00. The normalized spacial score (nSPS) is 11.8. The maximum atomic E-state index is 4.61. The second-order valence-electron chi connectivity index (χ2n) is 6.44. The van der Waals surface area contributed by atoms with Crippen LogP contribution in [-0.2, 0) is 6.54 Å². The molecule has 2 rings (SSSR count). The average molecular weight is 442 g/mol. The summed E-state index contributed by atoms with van der Waals surface area (Å²) in [6, 6.07) is 4.04. The van der Waals surface area contributed by atoms with E-state index in [9.17, 15) is 0 Å². The molecule has 0 bridgehead atoms. The Morgan fingerprint density at radius 2 is 2.00 bits per heavy atom. The third-order valence-corrected chi connectivity index (χ3v) is 3.14. The number of hydrogen-bond donors (Lipinski definition) is 2. The van der Waals surface area contributed by atoms with E-state index in [0.717, 1.165) is 29.7 Å². The van der Waals surface area contributed by atoms with Crippen molar-refractivity contribution in [3.8, 4) is 5.82 Å². The van der Waals surface area contributed by atoms with E-state index in [4.69, 9.17) is 0 Å². The van der Waals surface area contributed by atoms with Crippen LogP contribution in [0.4, 0.5) is 0 Å². The average Bonchev–Trinajstić information content (AvgIpc) is 2.90. The topological polar surface area (TPSA) is 67.1 Å². The van der Waals surface area contributed by atoms with Crippen molar-refractivity contribution in [1.82, 2.24) is 25.2 Å². The molecule has 0 radical (unpaired) electrons. The van der Waals surface area contributed by atoms with Crippen LogP contribution < -0.4 is 10.6 Å². The van der Waals surface area contributed by atoms with Crippen LogP contribution in [0.2, 0.25) is 0 Å². The van der Waals surface area contributed by atoms with E-state index in [0.29, 0.717) is 6.54 Å². The van der Waals surface area contributed by atoms with Gasteiger partial charge in [-0.3, -0.25) is 4.57 Å². The Balaban J connectivity index is 0.00000288. The fraction of sp³-hybridized carbons (Fsp3) is 0.471. The molecule has 0 spiro atoms. The minimum absolute atomic E-state index is 0. The summed E-state index contributed by atoms with van der Waals surface area (Å²) in [7, 11) is 0. The summed E-state index contributed by atoms with van der Waals surface area (Å²) in [6.45, 7) is 11.8. The van der Waals surface area contributed by atoms with Gasteiger partial charge in [-0.15, -0.1) is 24.0 Å². The number of aliphatic imine (C=N–C) groups is 1. The predicted octanol–water partition coefficient (Wildman–Crippen LogP) is 3.05. The number of hydrogen-bond acceptors (Lipinski definition) is 3. The molecular formula is C17H27IN6. The van der Waals surface area contributed by atoms with E-state index in [1.807, 2.05) is 36.0 Å². The lowest BCUT2D eigenvalue weighted by Gasteiger charge is -2.23. The van der Waals surface area contributed by atoms with Crippen LogP contribution in [-0.4, -0.2) is 32.6 Å². The monoisotopic (exact) mass is 442 g/mol. The van der Waals surface area contributed by atoms with Crippen molar-refractivity contribution in [2.45, 2.75) is 46.7 Å². The van der Waals surface area contributed by atoms with Crippen molar-refractivity contribution < 1.29 is 0 Å². The van der Waals surface area contributed by atoms with Gasteiger partial charge < -0.3 is 10.6 Å². The molecule has 0 aromatic carbocycles. The van der Waals surface area contributed by atoms with Gasteiger partial charge in [0.15, 0.2) is 5.96 Å². The molecule has 0 saturated heterocycles. The molecule has 2 aromatic rings. The number of halogens is 1. The molecule has 0 unspecified atom stereocenters. The van der Waals surface area contributed by atoms with E-state index >= 15 is 0 Å². The molecule has 132 valence electrons. The number of imidazole rings is 1. The Morgan fingerprint density at radius 1 is 1.25 bits per heavy atom. The zero-order valence-corrected chi connectivity index (χ0v) is 17.3. The van der Waals surface area contributed by atoms with E-state index in [-0.39, 0.29) is 29.5 Å². The first-order valence-electron chi connectivity index (χ1n) is 7.91. The highest BCUT2D eigenvalue weighted by atomic mass is 127. The van der Waals surface area contributed by atoms with Gasteiger partial charge in [0, 0.05) is 30.7 Å². The first-order valence-corrected chi connectivity index (χ1v) is 7.91. The van der Waals surface area contributed by atoms with E-state index in [1.54, 1.807) is 6.20 Å². The van der Waals surface area contributed by atoms with Crippen molar-refractivity contribution in [3.05, 3.63) is 42.1 Å². The molecule has 0 aliphatic rings. The summed E-state index contributed by atoms with van der Waals surface area (Å²) in [5.74, 6) is 2.61. The smallest absolute Gasteiger partial charge is 0.191 e. The lowest BCUT2D eigenvalue weighted by atomic mass is 10.1. The molecule has 2 aromatic heterocycles. The Labute approximate surface area is 161 Å². The van der Waals surface area contributed by atoms with Crippen LogP contribution in [0.1, 0.15) is 39.1 Å². The minimum Gasteiger partial charge on any atom is -0.357 e. The maximum absolute atomic E-state index is 4.61. The molecule has 0 atom stereocenters. The van der Waals surface area contributed by atoms with Gasteiger partial charge in [0.2, 0.25) is 0 Å². The third kappa shape index (κ3) is 6.10. The zero-order chi connectivity index (χ0) is 16.9. The second-order valence-corrected chi connectivity index (χ2v) is 6.44. The number of aromatic nitrogens is 3. The molecule has 0 amide bonds. The number of nitrogens with zero attached hydrogens (tertiary/aromatic N) is 4. The van der Waals surface area contributed by atoms with Gasteiger partial charge >= 0.3 is 0 Å². The Kier molecular flexibility index (Phi) is 7.65. The summed E-state index contributed by atoms with van der Waals surface area (Å²) in [5.41, 5.74) is 1.04. The number of aryl methyl sites for hydroxylation is 1. The van der Waals surface area contributed by atoms with Crippen LogP contribution in [0.3, 0.4) is 0 Å². The van der Waals surface area contributed by atoms with Gasteiger partial charge in [0.05, 0.1) is 6.54 Å². The van der Waals surface area contributed by atoms with Crippen LogP contribution >= 0.6 is 24.0 Å². The summed E-state index contributed by atoms with van der Waals surface area (Å²) < 4.78 is 1.96. The summed E-state index contributed by atoms with van der Waals surface area (Å²) >= 11 is 0. The van der Waals surface area contributed by atoms with Crippen LogP contribution in [0, 0.1) is 6.92 Å². The fourth-order valence-corrected chi connectivity index (χ4v) is 2.11. The maximum Gasteiger partial charge on any atom is 0.191 e. The first-order chi connectivity index (χ1) is 10.9. The molecule has 0 saturated carbocycles. The van der Waals surface area contributed by atoms with E-state index in [1.165, 1.54) is 0 Å².